The standard InChI is InChI=1S/C29H43N3O6S/c1-7-22(4)30-29(34)27(8-2)31(21-23-12-10-13-26(20-23)37-5)28(33)14-11-19-32(39(6,35)36)24-15-17-25(18-16-24)38-9-3/h10,12-13,15-18,20,22,27H,7-9,11,14,19,21H2,1-6H3,(H,30,34)/t22-,27+/m0/s1. The molecule has 39 heavy (non-hydrogen) atoms. The number of sulfonamides is 1. The maximum absolute atomic E-state index is 13.6. The SMILES string of the molecule is CCOc1ccc(N(CCCC(=O)N(Cc2cccc(OC)c2)[C@H](CC)C(=O)N[C@@H](C)CC)S(C)(=O)=O)cc1. The van der Waals surface area contributed by atoms with Crippen molar-refractivity contribution in [2.24, 2.45) is 0 Å². The smallest absolute Gasteiger partial charge is 0.243 e. The monoisotopic (exact) mass is 561 g/mol. The Hall–Kier alpha value is -3.27. The Labute approximate surface area is 233 Å². The summed E-state index contributed by atoms with van der Waals surface area (Å²) in [5.41, 5.74) is 1.34. The summed E-state index contributed by atoms with van der Waals surface area (Å²) in [6.45, 7) is 8.55. The van der Waals surface area contributed by atoms with Gasteiger partial charge in [-0.25, -0.2) is 8.42 Å². The number of hydrogen-bond acceptors (Lipinski definition) is 6. The molecule has 0 unspecified atom stereocenters. The quantitative estimate of drug-likeness (QED) is 0.327. The minimum atomic E-state index is -3.58. The van der Waals surface area contributed by atoms with Crippen molar-refractivity contribution < 1.29 is 27.5 Å². The molecule has 0 saturated heterocycles. The number of anilines is 1. The van der Waals surface area contributed by atoms with Crippen molar-refractivity contribution in [1.29, 1.82) is 0 Å². The van der Waals surface area contributed by atoms with Crippen LogP contribution >= 0.6 is 0 Å². The molecule has 2 amide bonds. The van der Waals surface area contributed by atoms with Crippen LogP contribution in [-0.2, 0) is 26.2 Å². The fraction of sp³-hybridized carbons (Fsp3) is 0.517. The molecule has 0 radical (unpaired) electrons. The summed E-state index contributed by atoms with van der Waals surface area (Å²) >= 11 is 0. The predicted molar refractivity (Wildman–Crippen MR) is 155 cm³/mol. The number of nitrogens with zero attached hydrogens (tertiary/aromatic N) is 2. The highest BCUT2D eigenvalue weighted by atomic mass is 32.2. The molecule has 0 saturated carbocycles. The average molecular weight is 562 g/mol. The largest absolute Gasteiger partial charge is 0.497 e. The van der Waals surface area contributed by atoms with Crippen molar-refractivity contribution >= 4 is 27.5 Å². The van der Waals surface area contributed by atoms with E-state index >= 15 is 0 Å². The van der Waals surface area contributed by atoms with E-state index < -0.39 is 16.1 Å². The van der Waals surface area contributed by atoms with E-state index in [1.54, 1.807) is 36.3 Å². The fourth-order valence-corrected chi connectivity index (χ4v) is 5.17. The van der Waals surface area contributed by atoms with Gasteiger partial charge in [-0.05, 0) is 75.1 Å². The molecule has 0 aliphatic heterocycles. The van der Waals surface area contributed by atoms with Crippen LogP contribution in [0.4, 0.5) is 5.69 Å². The molecule has 0 aromatic heterocycles. The van der Waals surface area contributed by atoms with E-state index in [4.69, 9.17) is 9.47 Å². The minimum absolute atomic E-state index is 0.0160. The Balaban J connectivity index is 2.23. The van der Waals surface area contributed by atoms with Gasteiger partial charge in [-0.1, -0.05) is 26.0 Å². The first-order valence-corrected chi connectivity index (χ1v) is 15.3. The van der Waals surface area contributed by atoms with Gasteiger partial charge in [-0.2, -0.15) is 0 Å². The van der Waals surface area contributed by atoms with Crippen LogP contribution in [0, 0.1) is 0 Å². The molecule has 10 heteroatoms. The van der Waals surface area contributed by atoms with E-state index in [1.165, 1.54) is 4.31 Å². The summed E-state index contributed by atoms with van der Waals surface area (Å²) in [5.74, 6) is 0.898. The lowest BCUT2D eigenvalue weighted by atomic mass is 10.1. The zero-order valence-corrected chi connectivity index (χ0v) is 24.8. The fourth-order valence-electron chi connectivity index (χ4n) is 4.21. The molecule has 0 spiro atoms. The molecular formula is C29H43N3O6S. The van der Waals surface area contributed by atoms with Gasteiger partial charge >= 0.3 is 0 Å². The van der Waals surface area contributed by atoms with Crippen molar-refractivity contribution in [2.75, 3.05) is 30.8 Å². The molecule has 2 rings (SSSR count). The lowest BCUT2D eigenvalue weighted by molar-refractivity contribution is -0.141. The van der Waals surface area contributed by atoms with E-state index in [9.17, 15) is 18.0 Å². The van der Waals surface area contributed by atoms with Gasteiger partial charge in [0, 0.05) is 25.6 Å². The Morgan fingerprint density at radius 3 is 2.26 bits per heavy atom. The Kier molecular flexibility index (Phi) is 12.6. The molecule has 2 atom stereocenters. The molecule has 0 heterocycles. The Bertz CT molecular complexity index is 1170. The van der Waals surface area contributed by atoms with Gasteiger partial charge in [0.25, 0.3) is 0 Å². The highest BCUT2D eigenvalue weighted by Crippen LogP contribution is 2.23. The van der Waals surface area contributed by atoms with E-state index in [0.717, 1.165) is 18.2 Å². The van der Waals surface area contributed by atoms with Crippen LogP contribution in [0.1, 0.15) is 58.9 Å². The number of benzene rings is 2. The molecule has 0 fully saturated rings. The first kappa shape index (κ1) is 31.9. The summed E-state index contributed by atoms with van der Waals surface area (Å²) in [6, 6.07) is 13.6. The first-order chi connectivity index (χ1) is 18.5. The van der Waals surface area contributed by atoms with Crippen LogP contribution in [0.5, 0.6) is 11.5 Å². The highest BCUT2D eigenvalue weighted by molar-refractivity contribution is 7.92. The van der Waals surface area contributed by atoms with Gasteiger partial charge < -0.3 is 19.7 Å². The minimum Gasteiger partial charge on any atom is -0.497 e. The van der Waals surface area contributed by atoms with Crippen LogP contribution in [-0.4, -0.2) is 63.7 Å². The van der Waals surface area contributed by atoms with Crippen molar-refractivity contribution in [3.8, 4) is 11.5 Å². The maximum Gasteiger partial charge on any atom is 0.243 e. The summed E-state index contributed by atoms with van der Waals surface area (Å²) in [7, 11) is -2.00. The van der Waals surface area contributed by atoms with E-state index in [1.807, 2.05) is 52.0 Å². The second-order valence-corrected chi connectivity index (χ2v) is 11.4. The highest BCUT2D eigenvalue weighted by Gasteiger charge is 2.29. The van der Waals surface area contributed by atoms with Gasteiger partial charge in [0.15, 0.2) is 0 Å². The lowest BCUT2D eigenvalue weighted by Crippen LogP contribution is -2.50. The summed E-state index contributed by atoms with van der Waals surface area (Å²) in [5, 5.41) is 3.00. The number of amides is 2. The third-order valence-electron chi connectivity index (χ3n) is 6.46. The van der Waals surface area contributed by atoms with Crippen LogP contribution in [0.25, 0.3) is 0 Å². The number of carbonyl (C=O) groups excluding carboxylic acids is 2. The zero-order valence-electron chi connectivity index (χ0n) is 24.0. The number of methoxy groups -OCH3 is 1. The molecule has 216 valence electrons. The molecule has 1 N–H and O–H groups in total. The van der Waals surface area contributed by atoms with E-state index in [2.05, 4.69) is 5.32 Å². The number of nitrogens with one attached hydrogen (secondary N) is 1. The lowest BCUT2D eigenvalue weighted by Gasteiger charge is -2.32. The second kappa shape index (κ2) is 15.4. The Morgan fingerprint density at radius 2 is 1.69 bits per heavy atom. The average Bonchev–Trinajstić information content (AvgIpc) is 2.91. The number of carbonyl (C=O) groups is 2. The van der Waals surface area contributed by atoms with Crippen LogP contribution < -0.4 is 19.1 Å². The van der Waals surface area contributed by atoms with Crippen LogP contribution in [0.2, 0.25) is 0 Å². The van der Waals surface area contributed by atoms with Gasteiger partial charge in [0.1, 0.15) is 17.5 Å². The topological polar surface area (TPSA) is 105 Å². The normalized spacial score (nSPS) is 12.8. The second-order valence-electron chi connectivity index (χ2n) is 9.48. The molecule has 9 nitrogen and oxygen atoms in total. The van der Waals surface area contributed by atoms with Gasteiger partial charge in [0.2, 0.25) is 21.8 Å². The third-order valence-corrected chi connectivity index (χ3v) is 7.66. The number of hydrogen-bond donors (Lipinski definition) is 1. The van der Waals surface area contributed by atoms with Crippen molar-refractivity contribution in [1.82, 2.24) is 10.2 Å². The van der Waals surface area contributed by atoms with Crippen molar-refractivity contribution in [2.45, 2.75) is 72.0 Å². The summed E-state index contributed by atoms with van der Waals surface area (Å²) in [4.78, 5) is 28.3. The Morgan fingerprint density at radius 1 is 1.00 bits per heavy atom. The van der Waals surface area contributed by atoms with Gasteiger partial charge in [0.05, 0.1) is 25.7 Å². The molecule has 0 aliphatic carbocycles. The number of rotatable bonds is 16. The van der Waals surface area contributed by atoms with Gasteiger partial charge in [-0.15, -0.1) is 0 Å². The molecule has 2 aromatic rings. The van der Waals surface area contributed by atoms with E-state index in [-0.39, 0.29) is 43.8 Å². The first-order valence-electron chi connectivity index (χ1n) is 13.5. The molecule has 2 aromatic carbocycles. The van der Waals surface area contributed by atoms with E-state index in [0.29, 0.717) is 30.2 Å². The van der Waals surface area contributed by atoms with Gasteiger partial charge in [-0.3, -0.25) is 13.9 Å². The summed E-state index contributed by atoms with van der Waals surface area (Å²) < 4.78 is 37.2. The maximum atomic E-state index is 13.6. The van der Waals surface area contributed by atoms with Crippen molar-refractivity contribution in [3.63, 3.8) is 0 Å². The third kappa shape index (κ3) is 9.76. The van der Waals surface area contributed by atoms with Crippen LogP contribution in [0.3, 0.4) is 0 Å². The molecule has 0 aliphatic rings. The predicted octanol–water partition coefficient (Wildman–Crippen LogP) is 4.36. The zero-order chi connectivity index (χ0) is 29.0. The van der Waals surface area contributed by atoms with Crippen LogP contribution in [0.15, 0.2) is 48.5 Å². The van der Waals surface area contributed by atoms with Crippen molar-refractivity contribution in [3.05, 3.63) is 54.1 Å². The summed E-state index contributed by atoms with van der Waals surface area (Å²) in [6.07, 6.45) is 2.74. The molecule has 0 bridgehead atoms. The number of ether oxygens (including phenoxy) is 2. The molecular weight excluding hydrogens is 518 g/mol.